The van der Waals surface area contributed by atoms with Crippen LogP contribution >= 0.6 is 0 Å². The molecule has 106 valence electrons. The van der Waals surface area contributed by atoms with Crippen molar-refractivity contribution >= 4 is 11.6 Å². The van der Waals surface area contributed by atoms with Gasteiger partial charge < -0.3 is 10.2 Å². The zero-order valence-corrected chi connectivity index (χ0v) is 11.4. The number of aliphatic hydroxyl groups is 2. The van der Waals surface area contributed by atoms with E-state index < -0.39 is 24.3 Å². The molecule has 0 aromatic heterocycles. The molecule has 0 heterocycles. The highest BCUT2D eigenvalue weighted by Crippen LogP contribution is 2.11. The third-order valence-electron chi connectivity index (χ3n) is 3.05. The topological polar surface area (TPSA) is 74.6 Å². The molecular weight excluding hydrogens is 232 g/mol. The third-order valence-corrected chi connectivity index (χ3v) is 3.05. The van der Waals surface area contributed by atoms with Crippen molar-refractivity contribution < 1.29 is 19.8 Å². The average molecular weight is 258 g/mol. The fourth-order valence-electron chi connectivity index (χ4n) is 1.87. The first kappa shape index (κ1) is 17.3. The van der Waals surface area contributed by atoms with E-state index in [0.717, 1.165) is 19.3 Å². The molecular formula is C14H26O4. The lowest BCUT2D eigenvalue weighted by molar-refractivity contribution is -0.143. The average Bonchev–Trinajstić information content (AvgIpc) is 2.39. The molecule has 1 atom stereocenters. The maximum Gasteiger partial charge on any atom is 0.229 e. The second kappa shape index (κ2) is 11.4. The monoisotopic (exact) mass is 258 g/mol. The Morgan fingerprint density at radius 3 is 1.94 bits per heavy atom. The van der Waals surface area contributed by atoms with Gasteiger partial charge in [-0.1, -0.05) is 58.3 Å². The number of carbonyl (C=O) groups is 2. The van der Waals surface area contributed by atoms with Crippen LogP contribution in [0.15, 0.2) is 0 Å². The van der Waals surface area contributed by atoms with Crippen LogP contribution in [0.3, 0.4) is 0 Å². The summed E-state index contributed by atoms with van der Waals surface area (Å²) in [5.41, 5.74) is 0. The minimum absolute atomic E-state index is 0.319. The Morgan fingerprint density at radius 1 is 0.944 bits per heavy atom. The van der Waals surface area contributed by atoms with E-state index in [4.69, 9.17) is 5.11 Å². The zero-order chi connectivity index (χ0) is 13.8. The smallest absolute Gasteiger partial charge is 0.229 e. The van der Waals surface area contributed by atoms with E-state index in [-0.39, 0.29) is 0 Å². The second-order valence-corrected chi connectivity index (χ2v) is 4.72. The van der Waals surface area contributed by atoms with E-state index in [1.165, 1.54) is 32.1 Å². The third kappa shape index (κ3) is 8.37. The summed E-state index contributed by atoms with van der Waals surface area (Å²) in [4.78, 5) is 22.0. The highest BCUT2D eigenvalue weighted by molar-refractivity contribution is 6.39. The number of hydrogen-bond donors (Lipinski definition) is 2. The Morgan fingerprint density at radius 2 is 1.44 bits per heavy atom. The molecule has 0 aromatic carbocycles. The Balaban J connectivity index is 3.43. The van der Waals surface area contributed by atoms with Gasteiger partial charge in [0.15, 0.2) is 0 Å². The van der Waals surface area contributed by atoms with E-state index >= 15 is 0 Å². The molecule has 4 heteroatoms. The van der Waals surface area contributed by atoms with Crippen LogP contribution in [0, 0.1) is 0 Å². The van der Waals surface area contributed by atoms with Crippen molar-refractivity contribution in [3.8, 4) is 0 Å². The van der Waals surface area contributed by atoms with Crippen molar-refractivity contribution in [2.75, 3.05) is 6.61 Å². The molecule has 0 radical (unpaired) electrons. The highest BCUT2D eigenvalue weighted by atomic mass is 16.3. The van der Waals surface area contributed by atoms with Gasteiger partial charge in [-0.25, -0.2) is 0 Å². The first-order valence-electron chi connectivity index (χ1n) is 6.99. The summed E-state index contributed by atoms with van der Waals surface area (Å²) in [7, 11) is 0. The van der Waals surface area contributed by atoms with E-state index in [2.05, 4.69) is 6.92 Å². The van der Waals surface area contributed by atoms with Gasteiger partial charge in [0, 0.05) is 0 Å². The summed E-state index contributed by atoms with van der Waals surface area (Å²) in [6.45, 7) is 1.37. The van der Waals surface area contributed by atoms with Crippen molar-refractivity contribution in [3.63, 3.8) is 0 Å². The molecule has 0 bridgehead atoms. The van der Waals surface area contributed by atoms with Gasteiger partial charge >= 0.3 is 0 Å². The first-order valence-corrected chi connectivity index (χ1v) is 6.99. The van der Waals surface area contributed by atoms with E-state index in [1.807, 2.05) is 0 Å². The maximum atomic E-state index is 11.2. The van der Waals surface area contributed by atoms with Crippen LogP contribution in [0.2, 0.25) is 0 Å². The number of rotatable bonds is 12. The first-order chi connectivity index (χ1) is 8.63. The van der Waals surface area contributed by atoms with Gasteiger partial charge in [-0.05, 0) is 6.42 Å². The lowest BCUT2D eigenvalue weighted by Crippen LogP contribution is -2.30. The van der Waals surface area contributed by atoms with Gasteiger partial charge in [0.2, 0.25) is 11.6 Å². The number of ketones is 2. The second-order valence-electron chi connectivity index (χ2n) is 4.72. The molecule has 18 heavy (non-hydrogen) atoms. The van der Waals surface area contributed by atoms with E-state index in [1.54, 1.807) is 0 Å². The zero-order valence-electron chi connectivity index (χ0n) is 11.4. The lowest BCUT2D eigenvalue weighted by Gasteiger charge is -2.07. The summed E-state index contributed by atoms with van der Waals surface area (Å²) in [6, 6.07) is 0. The van der Waals surface area contributed by atoms with Crippen LogP contribution < -0.4 is 0 Å². The molecule has 4 nitrogen and oxygen atoms in total. The molecule has 1 unspecified atom stereocenters. The van der Waals surface area contributed by atoms with Crippen LogP contribution in [-0.4, -0.2) is 34.5 Å². The minimum Gasteiger partial charge on any atom is -0.388 e. The van der Waals surface area contributed by atoms with Crippen molar-refractivity contribution in [1.29, 1.82) is 0 Å². The van der Waals surface area contributed by atoms with Crippen LogP contribution in [0.25, 0.3) is 0 Å². The largest absolute Gasteiger partial charge is 0.388 e. The van der Waals surface area contributed by atoms with E-state index in [9.17, 15) is 14.7 Å². The summed E-state index contributed by atoms with van der Waals surface area (Å²) in [5.74, 6) is -1.76. The highest BCUT2D eigenvalue weighted by Gasteiger charge is 2.21. The minimum atomic E-state index is -1.23. The molecule has 0 aliphatic rings. The number of carbonyl (C=O) groups excluding carboxylic acids is 2. The SMILES string of the molecule is CCCCCCCCCCC(O)C(=O)C(=O)CO. The Bertz CT molecular complexity index is 238. The Kier molecular flexibility index (Phi) is 10.9. The van der Waals surface area contributed by atoms with Crippen LogP contribution in [0.1, 0.15) is 64.7 Å². The fourth-order valence-corrected chi connectivity index (χ4v) is 1.87. The molecule has 0 saturated heterocycles. The van der Waals surface area contributed by atoms with Gasteiger partial charge in [-0.15, -0.1) is 0 Å². The Labute approximate surface area is 109 Å². The summed E-state index contributed by atoms with van der Waals surface area (Å²) < 4.78 is 0. The number of aliphatic hydroxyl groups excluding tert-OH is 2. The molecule has 0 fully saturated rings. The summed E-state index contributed by atoms with van der Waals surface area (Å²) in [5, 5.41) is 17.9. The molecule has 0 amide bonds. The summed E-state index contributed by atoms with van der Waals surface area (Å²) in [6.07, 6.45) is 8.18. The van der Waals surface area contributed by atoms with Gasteiger partial charge in [-0.2, -0.15) is 0 Å². The predicted octanol–water partition coefficient (Wildman–Crippen LogP) is 2.01. The van der Waals surface area contributed by atoms with Crippen LogP contribution in [0.4, 0.5) is 0 Å². The van der Waals surface area contributed by atoms with Gasteiger partial charge in [0.25, 0.3) is 0 Å². The molecule has 0 aliphatic heterocycles. The molecule has 0 rings (SSSR count). The molecule has 0 spiro atoms. The van der Waals surface area contributed by atoms with E-state index in [0.29, 0.717) is 6.42 Å². The molecule has 0 aromatic rings. The van der Waals surface area contributed by atoms with Gasteiger partial charge in [0.1, 0.15) is 12.7 Å². The molecule has 0 saturated carbocycles. The van der Waals surface area contributed by atoms with Crippen molar-refractivity contribution in [2.45, 2.75) is 70.8 Å². The Hall–Kier alpha value is -0.740. The number of hydrogen-bond acceptors (Lipinski definition) is 4. The van der Waals surface area contributed by atoms with Crippen molar-refractivity contribution in [3.05, 3.63) is 0 Å². The normalized spacial score (nSPS) is 12.4. The molecule has 0 aliphatic carbocycles. The predicted molar refractivity (Wildman–Crippen MR) is 70.3 cm³/mol. The number of unbranched alkanes of at least 4 members (excludes halogenated alkanes) is 7. The van der Waals surface area contributed by atoms with Gasteiger partial charge in [-0.3, -0.25) is 9.59 Å². The lowest BCUT2D eigenvalue weighted by atomic mass is 10.0. The van der Waals surface area contributed by atoms with Crippen LogP contribution in [-0.2, 0) is 9.59 Å². The standard InChI is InChI=1S/C14H26O4/c1-2-3-4-5-6-7-8-9-10-12(16)14(18)13(17)11-15/h12,15-16H,2-11H2,1H3. The molecule has 2 N–H and O–H groups in total. The summed E-state index contributed by atoms with van der Waals surface area (Å²) >= 11 is 0. The van der Waals surface area contributed by atoms with Crippen LogP contribution in [0.5, 0.6) is 0 Å². The maximum absolute atomic E-state index is 11.2. The van der Waals surface area contributed by atoms with Crippen molar-refractivity contribution in [2.24, 2.45) is 0 Å². The number of Topliss-reactive ketones (excluding diaryl/α,β-unsaturated/α-hetero) is 2. The fraction of sp³-hybridized carbons (Fsp3) is 0.857. The van der Waals surface area contributed by atoms with Gasteiger partial charge in [0.05, 0.1) is 0 Å². The quantitative estimate of drug-likeness (QED) is 0.415. The van der Waals surface area contributed by atoms with Crippen molar-refractivity contribution in [1.82, 2.24) is 0 Å².